The molecular weight excluding hydrogens is 296 g/mol. The van der Waals surface area contributed by atoms with E-state index in [-0.39, 0.29) is 5.56 Å². The van der Waals surface area contributed by atoms with Gasteiger partial charge < -0.3 is 0 Å². The molecule has 1 rings (SSSR count). The van der Waals surface area contributed by atoms with E-state index in [2.05, 4.69) is 0 Å². The third-order valence-electron chi connectivity index (χ3n) is 1.73. The molecule has 0 heterocycles. The predicted molar refractivity (Wildman–Crippen MR) is 56.3 cm³/mol. The van der Waals surface area contributed by atoms with Gasteiger partial charge in [0.05, 0.1) is 0 Å². The smallest absolute Gasteiger partial charge is 0.282 e. The lowest BCUT2D eigenvalue weighted by molar-refractivity contribution is 0.108. The minimum Gasteiger partial charge on any atom is -0.282 e. The fraction of sp³-hybridized carbons (Fsp3) is 0. The highest BCUT2D eigenvalue weighted by atomic mass is 35.5. The van der Waals surface area contributed by atoms with E-state index in [0.717, 1.165) is 6.07 Å². The molecule has 1 aromatic carbocycles. The Kier molecular flexibility index (Phi) is 3.60. The molecule has 10 heteroatoms. The van der Waals surface area contributed by atoms with Crippen molar-refractivity contribution >= 4 is 37.1 Å². The number of carbonyl (C=O) groups excluding carboxylic acids is 1. The van der Waals surface area contributed by atoms with Crippen LogP contribution >= 0.6 is 11.6 Å². The summed E-state index contributed by atoms with van der Waals surface area (Å²) in [6, 6.07) is 2.09. The molecular formula is C7H5ClO7S2. The minimum atomic E-state index is -4.92. The van der Waals surface area contributed by atoms with Gasteiger partial charge in [-0.3, -0.25) is 13.9 Å². The largest absolute Gasteiger partial charge is 0.295 e. The van der Waals surface area contributed by atoms with Crippen LogP contribution < -0.4 is 0 Å². The van der Waals surface area contributed by atoms with Crippen LogP contribution in [0.3, 0.4) is 0 Å². The van der Waals surface area contributed by atoms with E-state index in [1.807, 2.05) is 0 Å². The molecule has 0 bridgehead atoms. The monoisotopic (exact) mass is 300 g/mol. The van der Waals surface area contributed by atoms with Crippen LogP contribution in [0.5, 0.6) is 0 Å². The molecule has 0 amide bonds. The number of rotatable bonds is 3. The molecule has 94 valence electrons. The van der Waals surface area contributed by atoms with Gasteiger partial charge in [0.1, 0.15) is 9.79 Å². The molecule has 2 N–H and O–H groups in total. The second kappa shape index (κ2) is 4.35. The number of carbonyl (C=O) groups is 1. The van der Waals surface area contributed by atoms with Gasteiger partial charge in [-0.15, -0.1) is 0 Å². The molecule has 0 aromatic heterocycles. The first-order valence-electron chi connectivity index (χ1n) is 3.82. The average molecular weight is 301 g/mol. The van der Waals surface area contributed by atoms with Crippen LogP contribution in [0.1, 0.15) is 10.4 Å². The second-order valence-corrected chi connectivity index (χ2v) is 6.01. The Hall–Kier alpha value is -1.00. The quantitative estimate of drug-likeness (QED) is 0.617. The summed E-state index contributed by atoms with van der Waals surface area (Å²) in [4.78, 5) is 8.60. The zero-order chi connectivity index (χ0) is 13.4. The third-order valence-corrected chi connectivity index (χ3v) is 3.88. The lowest BCUT2D eigenvalue weighted by atomic mass is 10.2. The number of hydrogen-bond donors (Lipinski definition) is 2. The Morgan fingerprint density at radius 2 is 1.47 bits per heavy atom. The molecule has 0 saturated heterocycles. The molecule has 0 aliphatic rings. The summed E-state index contributed by atoms with van der Waals surface area (Å²) in [7, 11) is -9.78. The first-order chi connectivity index (χ1) is 7.53. The van der Waals surface area contributed by atoms with E-state index in [0.29, 0.717) is 12.1 Å². The van der Waals surface area contributed by atoms with Crippen LogP contribution in [0.4, 0.5) is 0 Å². The summed E-state index contributed by atoms with van der Waals surface area (Å²) < 4.78 is 61.0. The lowest BCUT2D eigenvalue weighted by Gasteiger charge is -2.05. The average Bonchev–Trinajstić information content (AvgIpc) is 2.14. The van der Waals surface area contributed by atoms with Crippen LogP contribution in [0.2, 0.25) is 0 Å². The summed E-state index contributed by atoms with van der Waals surface area (Å²) in [5.74, 6) is 0. The maximum Gasteiger partial charge on any atom is 0.295 e. The Morgan fingerprint density at radius 1 is 1.00 bits per heavy atom. The van der Waals surface area contributed by atoms with Gasteiger partial charge in [-0.1, -0.05) is 0 Å². The fourth-order valence-corrected chi connectivity index (χ4v) is 2.95. The molecule has 0 saturated carbocycles. The molecule has 7 nitrogen and oxygen atoms in total. The van der Waals surface area contributed by atoms with Gasteiger partial charge in [0.15, 0.2) is 0 Å². The Bertz CT molecular complexity index is 674. The zero-order valence-corrected chi connectivity index (χ0v) is 10.3. The zero-order valence-electron chi connectivity index (χ0n) is 7.86. The normalized spacial score (nSPS) is 12.4. The summed E-state index contributed by atoms with van der Waals surface area (Å²) >= 11 is 5.06. The molecule has 0 aliphatic carbocycles. The fourth-order valence-electron chi connectivity index (χ4n) is 1.05. The van der Waals surface area contributed by atoms with Crippen molar-refractivity contribution in [3.8, 4) is 0 Å². The Balaban J connectivity index is 3.73. The van der Waals surface area contributed by atoms with Crippen LogP contribution in [-0.2, 0) is 20.2 Å². The number of benzene rings is 1. The van der Waals surface area contributed by atoms with Crippen molar-refractivity contribution in [2.45, 2.75) is 9.79 Å². The summed E-state index contributed by atoms with van der Waals surface area (Å²) in [5.41, 5.74) is -0.341. The van der Waals surface area contributed by atoms with Crippen LogP contribution in [-0.4, -0.2) is 31.2 Å². The standard InChI is InChI=1S/C7H5ClO7S2/c8-7(9)4-1-2-5(16(10,11)12)6(3-4)17(13,14)15/h1-3H,(H,10,11,12)(H,13,14,15). The number of hydrogen-bond acceptors (Lipinski definition) is 5. The molecule has 0 fully saturated rings. The highest BCUT2D eigenvalue weighted by molar-refractivity contribution is 7.89. The molecule has 0 spiro atoms. The molecule has 1 aromatic rings. The summed E-state index contributed by atoms with van der Waals surface area (Å²) in [5, 5.41) is -1.04. The van der Waals surface area contributed by atoms with Crippen LogP contribution in [0.25, 0.3) is 0 Å². The van der Waals surface area contributed by atoms with Gasteiger partial charge in [-0.25, -0.2) is 0 Å². The van der Waals surface area contributed by atoms with Gasteiger partial charge in [-0.05, 0) is 29.8 Å². The van der Waals surface area contributed by atoms with E-state index in [4.69, 9.17) is 20.7 Å². The Labute approximate surface area is 102 Å². The summed E-state index contributed by atoms with van der Waals surface area (Å²) in [6.45, 7) is 0. The van der Waals surface area contributed by atoms with Gasteiger partial charge in [0, 0.05) is 5.56 Å². The molecule has 17 heavy (non-hydrogen) atoms. The van der Waals surface area contributed by atoms with Crippen molar-refractivity contribution in [3.63, 3.8) is 0 Å². The van der Waals surface area contributed by atoms with Crippen LogP contribution in [0.15, 0.2) is 28.0 Å². The number of halogens is 1. The first-order valence-corrected chi connectivity index (χ1v) is 7.08. The highest BCUT2D eigenvalue weighted by Crippen LogP contribution is 2.22. The lowest BCUT2D eigenvalue weighted by Crippen LogP contribution is -2.09. The first kappa shape index (κ1) is 14.1. The van der Waals surface area contributed by atoms with E-state index in [1.54, 1.807) is 0 Å². The topological polar surface area (TPSA) is 126 Å². The molecule has 0 aliphatic heterocycles. The van der Waals surface area contributed by atoms with E-state index < -0.39 is 35.3 Å². The second-order valence-electron chi connectivity index (χ2n) is 2.89. The molecule has 0 unspecified atom stereocenters. The van der Waals surface area contributed by atoms with Crippen molar-refractivity contribution in [3.05, 3.63) is 23.8 Å². The minimum absolute atomic E-state index is 0.341. The summed E-state index contributed by atoms with van der Waals surface area (Å²) in [6.07, 6.45) is 0. The van der Waals surface area contributed by atoms with Gasteiger partial charge in [0.25, 0.3) is 25.5 Å². The van der Waals surface area contributed by atoms with Gasteiger partial charge in [-0.2, -0.15) is 16.8 Å². The van der Waals surface area contributed by atoms with Crippen molar-refractivity contribution in [2.75, 3.05) is 0 Å². The third kappa shape index (κ3) is 3.23. The van der Waals surface area contributed by atoms with Crippen molar-refractivity contribution in [1.82, 2.24) is 0 Å². The predicted octanol–water partition coefficient (Wildman–Crippen LogP) is 0.559. The van der Waals surface area contributed by atoms with Crippen molar-refractivity contribution < 1.29 is 30.7 Å². The van der Waals surface area contributed by atoms with Crippen molar-refractivity contribution in [2.24, 2.45) is 0 Å². The van der Waals surface area contributed by atoms with E-state index >= 15 is 0 Å². The van der Waals surface area contributed by atoms with Crippen LogP contribution in [0, 0.1) is 0 Å². The molecule has 0 atom stereocenters. The van der Waals surface area contributed by atoms with E-state index in [1.165, 1.54) is 0 Å². The Morgan fingerprint density at radius 3 is 1.82 bits per heavy atom. The SMILES string of the molecule is O=C(Cl)c1ccc(S(=O)(=O)O)c(S(=O)(=O)O)c1. The molecule has 0 radical (unpaired) electrons. The maximum atomic E-state index is 10.9. The highest BCUT2D eigenvalue weighted by Gasteiger charge is 2.24. The van der Waals surface area contributed by atoms with Crippen molar-refractivity contribution in [1.29, 1.82) is 0 Å². The van der Waals surface area contributed by atoms with Gasteiger partial charge >= 0.3 is 0 Å². The van der Waals surface area contributed by atoms with E-state index in [9.17, 15) is 21.6 Å². The van der Waals surface area contributed by atoms with Gasteiger partial charge in [0.2, 0.25) is 0 Å². The maximum absolute atomic E-state index is 10.9.